The zero-order valence-corrected chi connectivity index (χ0v) is 13.2. The van der Waals surface area contributed by atoms with E-state index in [2.05, 4.69) is 20.9 Å². The molecule has 1 aromatic heterocycles. The molecule has 0 bridgehead atoms. The number of nitrogens with zero attached hydrogens (tertiary/aromatic N) is 1. The molecule has 0 aliphatic rings. The number of pyridine rings is 1. The lowest BCUT2D eigenvalue weighted by Gasteiger charge is -2.10. The van der Waals surface area contributed by atoms with Gasteiger partial charge in [-0.1, -0.05) is 28.1 Å². The van der Waals surface area contributed by atoms with Gasteiger partial charge >= 0.3 is 0 Å². The van der Waals surface area contributed by atoms with Crippen LogP contribution in [0.15, 0.2) is 40.9 Å². The lowest BCUT2D eigenvalue weighted by Crippen LogP contribution is -2.01. The first-order valence-corrected chi connectivity index (χ1v) is 7.57. The lowest BCUT2D eigenvalue weighted by atomic mass is 10.2. The second-order valence-electron chi connectivity index (χ2n) is 3.93. The summed E-state index contributed by atoms with van der Waals surface area (Å²) in [5.74, 6) is 1.38. The number of aromatic nitrogens is 1. The summed E-state index contributed by atoms with van der Waals surface area (Å²) in [6.07, 6.45) is 0. The van der Waals surface area contributed by atoms with Crippen LogP contribution in [0.25, 0.3) is 0 Å². The molecule has 19 heavy (non-hydrogen) atoms. The van der Waals surface area contributed by atoms with Gasteiger partial charge in [-0.2, -0.15) is 0 Å². The van der Waals surface area contributed by atoms with E-state index in [9.17, 15) is 0 Å². The number of hydrogen-bond acceptors (Lipinski definition) is 2. The van der Waals surface area contributed by atoms with Gasteiger partial charge in [-0.25, -0.2) is 0 Å². The lowest BCUT2D eigenvalue weighted by molar-refractivity contribution is 0.302. The van der Waals surface area contributed by atoms with Crippen molar-refractivity contribution in [3.05, 3.63) is 57.8 Å². The second-order valence-corrected chi connectivity index (χ2v) is 5.38. The molecule has 1 aromatic carbocycles. The Labute approximate surface area is 130 Å². The zero-order chi connectivity index (χ0) is 13.7. The zero-order valence-electron chi connectivity index (χ0n) is 10.1. The number of benzene rings is 1. The maximum atomic E-state index is 5.87. The van der Waals surface area contributed by atoms with Crippen LogP contribution in [0.3, 0.4) is 0 Å². The van der Waals surface area contributed by atoms with Crippen LogP contribution in [0, 0.1) is 0 Å². The van der Waals surface area contributed by atoms with Gasteiger partial charge in [0.05, 0.1) is 23.1 Å². The second kappa shape index (κ2) is 7.13. The van der Waals surface area contributed by atoms with Crippen molar-refractivity contribution in [2.24, 2.45) is 0 Å². The molecule has 2 rings (SSSR count). The molecule has 0 saturated carbocycles. The van der Waals surface area contributed by atoms with Gasteiger partial charge in [-0.05, 0) is 29.8 Å². The Balaban J connectivity index is 2.08. The number of halogens is 3. The van der Waals surface area contributed by atoms with Gasteiger partial charge in [0.15, 0.2) is 0 Å². The number of rotatable bonds is 5. The predicted octanol–water partition coefficient (Wildman–Crippen LogP) is 4.90. The molecule has 0 N–H and O–H groups in total. The predicted molar refractivity (Wildman–Crippen MR) is 81.8 cm³/mol. The van der Waals surface area contributed by atoms with Gasteiger partial charge in [0.1, 0.15) is 12.4 Å². The summed E-state index contributed by atoms with van der Waals surface area (Å²) in [4.78, 5) is 4.34. The molecule has 0 atom stereocenters. The molecule has 0 amide bonds. The van der Waals surface area contributed by atoms with E-state index < -0.39 is 0 Å². The highest BCUT2D eigenvalue weighted by Gasteiger charge is 2.06. The minimum absolute atomic E-state index is 0.306. The standard InChI is InChI=1S/C14H12BrCl2NO/c15-11-3-1-10(2-4-11)9-19-14-6-5-12(7-16)18-13(14)8-17/h1-6H,7-9H2. The SMILES string of the molecule is ClCc1ccc(OCc2ccc(Br)cc2)c(CCl)n1. The van der Waals surface area contributed by atoms with E-state index in [1.807, 2.05) is 36.4 Å². The van der Waals surface area contributed by atoms with Crippen LogP contribution >= 0.6 is 39.1 Å². The topological polar surface area (TPSA) is 22.1 Å². The van der Waals surface area contributed by atoms with Crippen LogP contribution in [-0.4, -0.2) is 4.98 Å². The first-order valence-electron chi connectivity index (χ1n) is 5.71. The molecule has 100 valence electrons. The molecule has 5 heteroatoms. The summed E-state index contributed by atoms with van der Waals surface area (Å²) < 4.78 is 6.80. The fourth-order valence-corrected chi connectivity index (χ4v) is 2.18. The highest BCUT2D eigenvalue weighted by molar-refractivity contribution is 9.10. The van der Waals surface area contributed by atoms with E-state index in [1.165, 1.54) is 0 Å². The minimum Gasteiger partial charge on any atom is -0.487 e. The average molecular weight is 361 g/mol. The molecular formula is C14H12BrCl2NO. The fourth-order valence-electron chi connectivity index (χ4n) is 1.58. The highest BCUT2D eigenvalue weighted by Crippen LogP contribution is 2.21. The Hall–Kier alpha value is -0.770. The van der Waals surface area contributed by atoms with Crippen molar-refractivity contribution < 1.29 is 4.74 Å². The first kappa shape index (κ1) is 14.6. The maximum absolute atomic E-state index is 5.87. The van der Waals surface area contributed by atoms with Crippen molar-refractivity contribution in [1.82, 2.24) is 4.98 Å². The van der Waals surface area contributed by atoms with Crippen molar-refractivity contribution in [1.29, 1.82) is 0 Å². The molecule has 2 nitrogen and oxygen atoms in total. The van der Waals surface area contributed by atoms with Crippen LogP contribution in [0.2, 0.25) is 0 Å². The quantitative estimate of drug-likeness (QED) is 0.707. The normalized spacial score (nSPS) is 10.5. The summed E-state index contributed by atoms with van der Waals surface area (Å²) in [7, 11) is 0. The van der Waals surface area contributed by atoms with E-state index in [4.69, 9.17) is 27.9 Å². The number of alkyl halides is 2. The van der Waals surface area contributed by atoms with Crippen LogP contribution in [0.4, 0.5) is 0 Å². The summed E-state index contributed by atoms with van der Waals surface area (Å²) in [6, 6.07) is 11.7. The van der Waals surface area contributed by atoms with Crippen molar-refractivity contribution in [3.8, 4) is 5.75 Å². The third-order valence-electron chi connectivity index (χ3n) is 2.56. The number of hydrogen-bond donors (Lipinski definition) is 0. The Morgan fingerprint density at radius 1 is 1.00 bits per heavy atom. The van der Waals surface area contributed by atoms with Gasteiger partial charge in [0, 0.05) is 4.47 Å². The Bertz CT molecular complexity index is 546. The molecule has 0 aliphatic heterocycles. The molecule has 2 aromatic rings. The summed E-state index contributed by atoms with van der Waals surface area (Å²) in [6.45, 7) is 0.485. The van der Waals surface area contributed by atoms with Gasteiger partial charge in [-0.3, -0.25) is 4.98 Å². The van der Waals surface area contributed by atoms with Gasteiger partial charge < -0.3 is 4.74 Å². The van der Waals surface area contributed by atoms with Crippen molar-refractivity contribution in [2.75, 3.05) is 0 Å². The maximum Gasteiger partial charge on any atom is 0.142 e. The van der Waals surface area contributed by atoms with Gasteiger partial charge in [0.25, 0.3) is 0 Å². The highest BCUT2D eigenvalue weighted by atomic mass is 79.9. The van der Waals surface area contributed by atoms with E-state index >= 15 is 0 Å². The van der Waals surface area contributed by atoms with Gasteiger partial charge in [-0.15, -0.1) is 23.2 Å². The largest absolute Gasteiger partial charge is 0.487 e. The monoisotopic (exact) mass is 359 g/mol. The average Bonchev–Trinajstić information content (AvgIpc) is 2.46. The van der Waals surface area contributed by atoms with E-state index in [-0.39, 0.29) is 0 Å². The van der Waals surface area contributed by atoms with Crippen molar-refractivity contribution >= 4 is 39.1 Å². The van der Waals surface area contributed by atoms with Crippen LogP contribution in [0.1, 0.15) is 17.0 Å². The fraction of sp³-hybridized carbons (Fsp3) is 0.214. The Kier molecular flexibility index (Phi) is 5.49. The molecular weight excluding hydrogens is 349 g/mol. The first-order chi connectivity index (χ1) is 9.22. The molecule has 0 aliphatic carbocycles. The van der Waals surface area contributed by atoms with Crippen LogP contribution in [-0.2, 0) is 18.4 Å². The van der Waals surface area contributed by atoms with E-state index in [0.29, 0.717) is 24.1 Å². The number of ether oxygens (including phenoxy) is 1. The molecule has 0 unspecified atom stereocenters. The third kappa shape index (κ3) is 4.10. The third-order valence-corrected chi connectivity index (χ3v) is 3.62. The molecule has 1 heterocycles. The van der Waals surface area contributed by atoms with Crippen molar-refractivity contribution in [2.45, 2.75) is 18.4 Å². The molecule has 0 fully saturated rings. The molecule has 0 spiro atoms. The summed E-state index contributed by atoms with van der Waals surface area (Å²) in [5.41, 5.74) is 2.61. The van der Waals surface area contributed by atoms with E-state index in [1.54, 1.807) is 0 Å². The van der Waals surface area contributed by atoms with Crippen LogP contribution < -0.4 is 4.74 Å². The van der Waals surface area contributed by atoms with Crippen molar-refractivity contribution in [3.63, 3.8) is 0 Å². The molecule has 0 radical (unpaired) electrons. The summed E-state index contributed by atoms with van der Waals surface area (Å²) in [5, 5.41) is 0. The van der Waals surface area contributed by atoms with E-state index in [0.717, 1.165) is 21.4 Å². The molecule has 0 saturated heterocycles. The Morgan fingerprint density at radius 2 is 1.74 bits per heavy atom. The Morgan fingerprint density at radius 3 is 2.37 bits per heavy atom. The summed E-state index contributed by atoms with van der Waals surface area (Å²) >= 11 is 15.0. The van der Waals surface area contributed by atoms with Gasteiger partial charge in [0.2, 0.25) is 0 Å². The smallest absolute Gasteiger partial charge is 0.142 e. The minimum atomic E-state index is 0.306. The van der Waals surface area contributed by atoms with Crippen LogP contribution in [0.5, 0.6) is 5.75 Å².